The molecule has 2 radical (unpaired) electrons. The van der Waals surface area contributed by atoms with Crippen molar-refractivity contribution in [3.8, 4) is 0 Å². The van der Waals surface area contributed by atoms with Crippen molar-refractivity contribution in [3.05, 3.63) is 0 Å². The Kier molecular flexibility index (Phi) is 26.3. The molecule has 0 unspecified atom stereocenters. The average Bonchev–Trinajstić information content (AvgIpc) is 2.45. The van der Waals surface area contributed by atoms with Crippen LogP contribution in [0, 0.1) is 0 Å². The third-order valence-corrected chi connectivity index (χ3v) is 13.1. The van der Waals surface area contributed by atoms with Gasteiger partial charge in [0.25, 0.3) is 0 Å². The van der Waals surface area contributed by atoms with E-state index in [1.807, 2.05) is 6.92 Å². The molecule has 0 saturated heterocycles. The Balaban J connectivity index is 0. The van der Waals surface area contributed by atoms with Crippen LogP contribution in [0.3, 0.4) is 0 Å². The molecule has 0 aliphatic carbocycles. The zero-order chi connectivity index (χ0) is 14.8. The molecule has 0 bridgehead atoms. The average molecular weight is 484 g/mol. The minimum absolute atomic E-state index is 0.839. The van der Waals surface area contributed by atoms with Gasteiger partial charge in [-0.2, -0.15) is 0 Å². The molecule has 1 nitrogen and oxygen atoms in total. The van der Waals surface area contributed by atoms with E-state index in [1.54, 1.807) is 13.3 Å². The predicted octanol–water partition coefficient (Wildman–Crippen LogP) is 4.96. The first-order valence-electron chi connectivity index (χ1n) is 8.47. The summed E-state index contributed by atoms with van der Waals surface area (Å²) in [5.74, 6) is 0. The van der Waals surface area contributed by atoms with E-state index in [4.69, 9.17) is 4.74 Å². The second kappa shape index (κ2) is 21.8. The topological polar surface area (TPSA) is 9.23 Å². The van der Waals surface area contributed by atoms with E-state index < -0.39 is 19.8 Å². The van der Waals surface area contributed by atoms with Gasteiger partial charge in [0.15, 0.2) is 0 Å². The van der Waals surface area contributed by atoms with Gasteiger partial charge in [0.1, 0.15) is 0 Å². The molecule has 0 atom stereocenters. The predicted molar refractivity (Wildman–Crippen MR) is 94.7 cm³/mol. The Morgan fingerprint density at radius 1 is 0.789 bits per heavy atom. The summed E-state index contributed by atoms with van der Waals surface area (Å²) in [4.78, 5) is 0. The van der Waals surface area contributed by atoms with Crippen molar-refractivity contribution >= 4 is 42.3 Å². The van der Waals surface area contributed by atoms with Gasteiger partial charge in [0.05, 0.1) is 0 Å². The quantitative estimate of drug-likeness (QED) is 0.282. The number of unbranched alkanes of at least 4 members (excludes halogenated alkanes) is 3. The van der Waals surface area contributed by atoms with E-state index in [2.05, 4.69) is 20.8 Å². The van der Waals surface area contributed by atoms with Gasteiger partial charge in [-0.15, -0.1) is 0 Å². The molecule has 3 heteroatoms. The van der Waals surface area contributed by atoms with Crippen LogP contribution in [-0.2, 0) is 4.74 Å². The van der Waals surface area contributed by atoms with Gasteiger partial charge in [-0.1, -0.05) is 0 Å². The van der Waals surface area contributed by atoms with Crippen LogP contribution in [0.2, 0.25) is 17.7 Å². The van der Waals surface area contributed by atoms with Crippen LogP contribution in [0.4, 0.5) is 0 Å². The van der Waals surface area contributed by atoms with E-state index in [-0.39, 0.29) is 0 Å². The van der Waals surface area contributed by atoms with Crippen LogP contribution >= 0.6 is 0 Å². The fraction of sp³-hybridized carbons (Fsp3) is 1.00. The van der Waals surface area contributed by atoms with Crippen molar-refractivity contribution in [2.75, 3.05) is 13.2 Å². The van der Waals surface area contributed by atoms with Crippen molar-refractivity contribution < 1.29 is 4.74 Å². The van der Waals surface area contributed by atoms with Gasteiger partial charge in [0, 0.05) is 0 Å². The molecule has 0 saturated carbocycles. The summed E-state index contributed by atoms with van der Waals surface area (Å²) in [7, 11) is 0. The summed E-state index contributed by atoms with van der Waals surface area (Å²) in [6, 6.07) is 0. The van der Waals surface area contributed by atoms with Crippen molar-refractivity contribution in [2.24, 2.45) is 0 Å². The third-order valence-electron chi connectivity index (χ3n) is 3.14. The molecule has 0 amide bonds. The van der Waals surface area contributed by atoms with Crippen LogP contribution < -0.4 is 0 Å². The summed E-state index contributed by atoms with van der Waals surface area (Å²) < 4.78 is 11.4. The Labute approximate surface area is 143 Å². The van der Waals surface area contributed by atoms with Gasteiger partial charge in [-0.25, -0.2) is 0 Å². The summed E-state index contributed by atoms with van der Waals surface area (Å²) >= 11 is 0.253. The summed E-state index contributed by atoms with van der Waals surface area (Å²) in [6.45, 7) is 10.9. The molecule has 0 rings (SSSR count). The normalized spacial score (nSPS) is 10.4. The number of rotatable bonds is 12. The molecule has 116 valence electrons. The van der Waals surface area contributed by atoms with Crippen molar-refractivity contribution in [3.63, 3.8) is 0 Å². The fourth-order valence-electron chi connectivity index (χ4n) is 1.90. The van der Waals surface area contributed by atoms with E-state index in [0.717, 1.165) is 35.7 Å². The molecule has 0 spiro atoms. The number of hydrogen-bond donors (Lipinski definition) is 0. The van der Waals surface area contributed by atoms with Gasteiger partial charge in [-0.05, 0) is 0 Å². The first kappa shape index (κ1) is 22.8. The summed E-state index contributed by atoms with van der Waals surface area (Å²) in [5.41, 5.74) is 0. The second-order valence-corrected chi connectivity index (χ2v) is 15.7. The van der Waals surface area contributed by atoms with Crippen molar-refractivity contribution in [2.45, 2.75) is 84.0 Å². The van der Waals surface area contributed by atoms with Crippen LogP contribution in [0.1, 0.15) is 66.2 Å². The molecule has 0 aliphatic heterocycles. The summed E-state index contributed by atoms with van der Waals surface area (Å²) in [6.07, 6.45) is 8.85. The van der Waals surface area contributed by atoms with Gasteiger partial charge in [0.2, 0.25) is 0 Å². The monoisotopic (exact) mass is 486 g/mol. The van der Waals surface area contributed by atoms with E-state index in [9.17, 15) is 0 Å². The SMILES string of the molecule is CCC[CH2][Sn]([CH2]CCC)[CH2]CCC.CCOC[CH2][SnH2]. The van der Waals surface area contributed by atoms with E-state index >= 15 is 0 Å². The van der Waals surface area contributed by atoms with Gasteiger partial charge >= 0.3 is 144 Å². The van der Waals surface area contributed by atoms with Gasteiger partial charge < -0.3 is 0 Å². The first-order chi connectivity index (χ1) is 9.26. The molecule has 0 fully saturated rings. The number of ether oxygens (including phenoxy) is 1. The second-order valence-electron chi connectivity index (χ2n) is 5.11. The Morgan fingerprint density at radius 2 is 1.21 bits per heavy atom. The third kappa shape index (κ3) is 22.0. The molecule has 19 heavy (non-hydrogen) atoms. The van der Waals surface area contributed by atoms with Gasteiger partial charge in [-0.3, -0.25) is 0 Å². The Hall–Kier alpha value is 1.56. The standard InChI is InChI=1S/C4H9O.3C4H9.2Sn.2H/c1-3-5-4-2;3*1-3-4-2;;;;/h1,3-4H2,2H3;3*1,3-4H2,2H3;;;;. The van der Waals surface area contributed by atoms with Crippen molar-refractivity contribution in [1.82, 2.24) is 0 Å². The van der Waals surface area contributed by atoms with Crippen LogP contribution in [0.25, 0.3) is 0 Å². The Morgan fingerprint density at radius 3 is 1.42 bits per heavy atom. The molecule has 0 aliphatic rings. The fourth-order valence-corrected chi connectivity index (χ4v) is 11.9. The Bertz CT molecular complexity index is 120. The maximum atomic E-state index is 5.03. The maximum absolute atomic E-state index is 5.03. The van der Waals surface area contributed by atoms with Crippen LogP contribution in [-0.4, -0.2) is 55.5 Å². The van der Waals surface area contributed by atoms with Crippen LogP contribution in [0.5, 0.6) is 0 Å². The molecule has 0 heterocycles. The van der Waals surface area contributed by atoms with E-state index in [0.29, 0.717) is 0 Å². The van der Waals surface area contributed by atoms with Crippen molar-refractivity contribution in [1.29, 1.82) is 0 Å². The molecular formula is C16H38OSn2. The first-order valence-corrected chi connectivity index (χ1v) is 17.4. The molecule has 0 aromatic heterocycles. The zero-order valence-corrected chi connectivity index (χ0v) is 21.0. The molecule has 0 aromatic carbocycles. The molecule has 0 aromatic rings. The molecule has 0 N–H and O–H groups in total. The minimum atomic E-state index is -0.839. The van der Waals surface area contributed by atoms with E-state index in [1.165, 1.54) is 43.0 Å². The summed E-state index contributed by atoms with van der Waals surface area (Å²) in [5, 5.41) is 0. The molecular weight excluding hydrogens is 446 g/mol. The number of hydrogen-bond acceptors (Lipinski definition) is 1. The zero-order valence-electron chi connectivity index (χ0n) is 14.1. The van der Waals surface area contributed by atoms with Crippen LogP contribution in [0.15, 0.2) is 0 Å².